The number of hydrogen-bond acceptors (Lipinski definition) is 4. The van der Waals surface area contributed by atoms with Gasteiger partial charge in [-0.2, -0.15) is 0 Å². The molecule has 0 bridgehead atoms. The summed E-state index contributed by atoms with van der Waals surface area (Å²) in [6, 6.07) is 13.3. The van der Waals surface area contributed by atoms with Crippen LogP contribution in [-0.4, -0.2) is 4.92 Å². The van der Waals surface area contributed by atoms with Crippen LogP contribution < -0.4 is 5.32 Å². The van der Waals surface area contributed by atoms with E-state index in [1.54, 1.807) is 6.07 Å². The third-order valence-corrected chi connectivity index (χ3v) is 2.96. The lowest BCUT2D eigenvalue weighted by molar-refractivity contribution is -0.402. The first-order valence-corrected chi connectivity index (χ1v) is 6.22. The van der Waals surface area contributed by atoms with E-state index in [-0.39, 0.29) is 11.9 Å². The molecule has 5 heteroatoms. The molecule has 0 saturated heterocycles. The minimum atomic E-state index is -0.530. The van der Waals surface area contributed by atoms with Crippen molar-refractivity contribution in [3.05, 3.63) is 63.9 Å². The molecule has 0 saturated carbocycles. The van der Waals surface area contributed by atoms with Crippen LogP contribution in [0, 0.1) is 10.1 Å². The van der Waals surface area contributed by atoms with Gasteiger partial charge < -0.3 is 9.73 Å². The van der Waals surface area contributed by atoms with Gasteiger partial charge in [0.05, 0.1) is 12.6 Å². The molecule has 2 rings (SSSR count). The lowest BCUT2D eigenvalue weighted by Crippen LogP contribution is -2.19. The van der Waals surface area contributed by atoms with Crippen LogP contribution in [-0.2, 0) is 6.54 Å². The molecular formula is C14H16N2O3. The van der Waals surface area contributed by atoms with Gasteiger partial charge in [0.1, 0.15) is 10.7 Å². The molecule has 0 aliphatic rings. The lowest BCUT2D eigenvalue weighted by Gasteiger charge is -2.16. The molecule has 0 amide bonds. The summed E-state index contributed by atoms with van der Waals surface area (Å²) in [6.07, 6.45) is 0.937. The van der Waals surface area contributed by atoms with Crippen LogP contribution in [0.15, 0.2) is 46.9 Å². The molecule has 1 unspecified atom stereocenters. The van der Waals surface area contributed by atoms with Crippen LogP contribution in [0.2, 0.25) is 0 Å². The highest BCUT2D eigenvalue weighted by Gasteiger charge is 2.13. The van der Waals surface area contributed by atoms with Crippen molar-refractivity contribution in [1.82, 2.24) is 5.32 Å². The van der Waals surface area contributed by atoms with Gasteiger partial charge in [-0.05, 0) is 18.1 Å². The normalized spacial score (nSPS) is 12.3. The quantitative estimate of drug-likeness (QED) is 0.638. The van der Waals surface area contributed by atoms with E-state index < -0.39 is 4.92 Å². The number of benzene rings is 1. The van der Waals surface area contributed by atoms with E-state index in [9.17, 15) is 10.1 Å². The maximum absolute atomic E-state index is 10.5. The number of rotatable bonds is 6. The monoisotopic (exact) mass is 260 g/mol. The van der Waals surface area contributed by atoms with Crippen LogP contribution >= 0.6 is 0 Å². The molecule has 0 spiro atoms. The summed E-state index contributed by atoms with van der Waals surface area (Å²) in [6.45, 7) is 2.57. The highest BCUT2D eigenvalue weighted by molar-refractivity contribution is 5.20. The van der Waals surface area contributed by atoms with Crippen LogP contribution in [0.3, 0.4) is 0 Å². The zero-order chi connectivity index (χ0) is 13.7. The highest BCUT2D eigenvalue weighted by atomic mass is 16.6. The molecule has 0 fully saturated rings. The summed E-state index contributed by atoms with van der Waals surface area (Å²) in [5.41, 5.74) is 1.20. The van der Waals surface area contributed by atoms with E-state index in [4.69, 9.17) is 4.42 Å². The second-order valence-corrected chi connectivity index (χ2v) is 4.25. The third-order valence-electron chi connectivity index (χ3n) is 2.96. The molecule has 19 heavy (non-hydrogen) atoms. The minimum Gasteiger partial charge on any atom is -0.404 e. The fourth-order valence-corrected chi connectivity index (χ4v) is 1.97. The smallest absolute Gasteiger partial charge is 0.404 e. The van der Waals surface area contributed by atoms with Gasteiger partial charge >= 0.3 is 5.88 Å². The van der Waals surface area contributed by atoms with Crippen molar-refractivity contribution in [3.63, 3.8) is 0 Å². The molecule has 0 aliphatic heterocycles. The molecule has 1 N–H and O–H groups in total. The standard InChI is InChI=1S/C14H16N2O3/c1-2-13(11-6-4-3-5-7-11)15-10-12-8-9-14(19-12)16(17)18/h3-9,13,15H,2,10H2,1H3. The SMILES string of the molecule is CCC(NCc1ccc([N+](=O)[O-])o1)c1ccccc1. The van der Waals surface area contributed by atoms with Gasteiger partial charge in [0.25, 0.3) is 0 Å². The molecule has 1 atom stereocenters. The van der Waals surface area contributed by atoms with Gasteiger partial charge in [-0.25, -0.2) is 0 Å². The molecule has 100 valence electrons. The maximum Gasteiger partial charge on any atom is 0.433 e. The van der Waals surface area contributed by atoms with Crippen molar-refractivity contribution in [2.24, 2.45) is 0 Å². The second-order valence-electron chi connectivity index (χ2n) is 4.25. The summed E-state index contributed by atoms with van der Waals surface area (Å²) >= 11 is 0. The summed E-state index contributed by atoms with van der Waals surface area (Å²) in [7, 11) is 0. The number of nitro groups is 1. The molecule has 1 heterocycles. The predicted molar refractivity (Wildman–Crippen MR) is 71.7 cm³/mol. The molecule has 2 aromatic rings. The van der Waals surface area contributed by atoms with Crippen molar-refractivity contribution < 1.29 is 9.34 Å². The Morgan fingerprint density at radius 2 is 2.00 bits per heavy atom. The van der Waals surface area contributed by atoms with E-state index in [0.29, 0.717) is 12.3 Å². The Balaban J connectivity index is 1.98. The van der Waals surface area contributed by atoms with Gasteiger partial charge in [0, 0.05) is 6.04 Å². The van der Waals surface area contributed by atoms with E-state index >= 15 is 0 Å². The van der Waals surface area contributed by atoms with Crippen LogP contribution in [0.1, 0.15) is 30.7 Å². The van der Waals surface area contributed by atoms with E-state index in [0.717, 1.165) is 6.42 Å². The molecule has 1 aromatic heterocycles. The summed E-state index contributed by atoms with van der Waals surface area (Å²) in [4.78, 5) is 9.99. The predicted octanol–water partition coefficient (Wildman–Crippen LogP) is 3.43. The Morgan fingerprint density at radius 1 is 1.26 bits per heavy atom. The van der Waals surface area contributed by atoms with Crippen LogP contribution in [0.4, 0.5) is 5.88 Å². The number of furan rings is 1. The Labute approximate surface area is 111 Å². The largest absolute Gasteiger partial charge is 0.433 e. The van der Waals surface area contributed by atoms with E-state index in [1.165, 1.54) is 11.6 Å². The number of nitrogens with one attached hydrogen (secondary N) is 1. The van der Waals surface area contributed by atoms with Gasteiger partial charge in [-0.1, -0.05) is 37.3 Å². The van der Waals surface area contributed by atoms with Crippen LogP contribution in [0.25, 0.3) is 0 Å². The number of nitrogens with zero attached hydrogens (tertiary/aromatic N) is 1. The van der Waals surface area contributed by atoms with E-state index in [1.807, 2.05) is 18.2 Å². The molecule has 0 aliphatic carbocycles. The van der Waals surface area contributed by atoms with E-state index in [2.05, 4.69) is 24.4 Å². The van der Waals surface area contributed by atoms with Gasteiger partial charge in [0.15, 0.2) is 0 Å². The van der Waals surface area contributed by atoms with Crippen molar-refractivity contribution >= 4 is 5.88 Å². The highest BCUT2D eigenvalue weighted by Crippen LogP contribution is 2.19. The van der Waals surface area contributed by atoms with Crippen molar-refractivity contribution in [1.29, 1.82) is 0 Å². The second kappa shape index (κ2) is 6.15. The Bertz CT molecular complexity index is 537. The first-order chi connectivity index (χ1) is 9.20. The summed E-state index contributed by atoms with van der Waals surface area (Å²) in [5, 5.41) is 13.9. The molecule has 1 aromatic carbocycles. The van der Waals surface area contributed by atoms with Crippen molar-refractivity contribution in [3.8, 4) is 0 Å². The molecule has 5 nitrogen and oxygen atoms in total. The van der Waals surface area contributed by atoms with Gasteiger partial charge in [-0.15, -0.1) is 0 Å². The first-order valence-electron chi connectivity index (χ1n) is 6.22. The van der Waals surface area contributed by atoms with Gasteiger partial charge in [0.2, 0.25) is 0 Å². The fourth-order valence-electron chi connectivity index (χ4n) is 1.97. The summed E-state index contributed by atoms with van der Waals surface area (Å²) in [5.74, 6) is 0.352. The number of hydrogen-bond donors (Lipinski definition) is 1. The minimum absolute atomic E-state index is 0.213. The van der Waals surface area contributed by atoms with Crippen molar-refractivity contribution in [2.75, 3.05) is 0 Å². The Kier molecular flexibility index (Phi) is 4.30. The third kappa shape index (κ3) is 3.42. The fraction of sp³-hybridized carbons (Fsp3) is 0.286. The van der Waals surface area contributed by atoms with Gasteiger partial charge in [-0.3, -0.25) is 10.1 Å². The molecule has 0 radical (unpaired) electrons. The van der Waals surface area contributed by atoms with Crippen molar-refractivity contribution in [2.45, 2.75) is 25.9 Å². The first kappa shape index (κ1) is 13.3. The maximum atomic E-state index is 10.5. The molecular weight excluding hydrogens is 244 g/mol. The average molecular weight is 260 g/mol. The Hall–Kier alpha value is -2.14. The average Bonchev–Trinajstić information content (AvgIpc) is 2.90. The summed E-state index contributed by atoms with van der Waals surface area (Å²) < 4.78 is 5.11. The Morgan fingerprint density at radius 3 is 2.58 bits per heavy atom. The lowest BCUT2D eigenvalue weighted by atomic mass is 10.0. The zero-order valence-electron chi connectivity index (χ0n) is 10.7. The van der Waals surface area contributed by atoms with Crippen LogP contribution in [0.5, 0.6) is 0 Å². The zero-order valence-corrected chi connectivity index (χ0v) is 10.7. The topological polar surface area (TPSA) is 68.3 Å².